The van der Waals surface area contributed by atoms with Crippen LogP contribution in [0.25, 0.3) is 0 Å². The Labute approximate surface area is 92.6 Å². The van der Waals surface area contributed by atoms with E-state index in [0.717, 1.165) is 19.0 Å². The highest BCUT2D eigenvalue weighted by atomic mass is 31.1. The first-order valence-electron chi connectivity index (χ1n) is 5.44. The van der Waals surface area contributed by atoms with Crippen molar-refractivity contribution in [3.05, 3.63) is 30.3 Å². The molecule has 0 saturated carbocycles. The number of carbonyl (C=O) groups excluding carboxylic acids is 1. The van der Waals surface area contributed by atoms with Crippen molar-refractivity contribution in [2.45, 2.75) is 31.8 Å². The lowest BCUT2D eigenvalue weighted by Crippen LogP contribution is -2.32. The van der Waals surface area contributed by atoms with Gasteiger partial charge in [0.15, 0.2) is 0 Å². The third kappa shape index (κ3) is 2.29. The summed E-state index contributed by atoms with van der Waals surface area (Å²) in [6.07, 6.45) is 2.61. The van der Waals surface area contributed by atoms with Crippen molar-refractivity contribution in [3.8, 4) is 0 Å². The van der Waals surface area contributed by atoms with E-state index in [1.807, 2.05) is 0 Å². The number of benzene rings is 1. The van der Waals surface area contributed by atoms with Gasteiger partial charge >= 0.3 is 0 Å². The topological polar surface area (TPSA) is 17.1 Å². The molecule has 15 heavy (non-hydrogen) atoms. The first-order valence-corrected chi connectivity index (χ1v) is 6.97. The summed E-state index contributed by atoms with van der Waals surface area (Å²) in [5, 5.41) is 1.64. The lowest BCUT2D eigenvalue weighted by Gasteiger charge is -2.38. The van der Waals surface area contributed by atoms with Crippen molar-refractivity contribution in [2.75, 3.05) is 6.16 Å². The molecule has 1 saturated heterocycles. The number of hydrogen-bond acceptors (Lipinski definition) is 1. The number of ketones is 1. The number of hydrogen-bond donors (Lipinski definition) is 0. The van der Waals surface area contributed by atoms with Crippen LogP contribution in [0, 0.1) is 0 Å². The summed E-state index contributed by atoms with van der Waals surface area (Å²) < 4.78 is 0. The predicted octanol–water partition coefficient (Wildman–Crippen LogP) is 2.94. The van der Waals surface area contributed by atoms with E-state index in [1.165, 1.54) is 5.30 Å². The van der Waals surface area contributed by atoms with Crippen LogP contribution in [0.1, 0.15) is 26.7 Å². The van der Waals surface area contributed by atoms with Gasteiger partial charge < -0.3 is 0 Å². The van der Waals surface area contributed by atoms with Gasteiger partial charge in [-0.1, -0.05) is 52.1 Å². The van der Waals surface area contributed by atoms with E-state index in [0.29, 0.717) is 5.78 Å². The van der Waals surface area contributed by atoms with Crippen molar-refractivity contribution in [1.29, 1.82) is 0 Å². The fourth-order valence-electron chi connectivity index (χ4n) is 2.29. The van der Waals surface area contributed by atoms with Crippen molar-refractivity contribution in [3.63, 3.8) is 0 Å². The predicted molar refractivity (Wildman–Crippen MR) is 66.2 cm³/mol. The molecule has 1 nitrogen and oxygen atoms in total. The first kappa shape index (κ1) is 10.8. The van der Waals surface area contributed by atoms with Gasteiger partial charge in [-0.05, 0) is 16.6 Å². The summed E-state index contributed by atoms with van der Waals surface area (Å²) in [6.45, 7) is 4.48. The highest BCUT2D eigenvalue weighted by Crippen LogP contribution is 2.53. The summed E-state index contributed by atoms with van der Waals surface area (Å²) >= 11 is 0. The molecular weight excluding hydrogens is 203 g/mol. The van der Waals surface area contributed by atoms with Gasteiger partial charge in [0.1, 0.15) is 5.78 Å². The van der Waals surface area contributed by atoms with Gasteiger partial charge in [0.25, 0.3) is 0 Å². The van der Waals surface area contributed by atoms with Crippen LogP contribution in [0.4, 0.5) is 0 Å². The number of Topliss-reactive ketones (excluding diaryl/α,β-unsaturated/α-hetero) is 1. The zero-order chi connectivity index (χ0) is 10.9. The maximum atomic E-state index is 11.5. The molecule has 1 aliphatic heterocycles. The number of carbonyl (C=O) groups is 1. The summed E-state index contributed by atoms with van der Waals surface area (Å²) in [5.41, 5.74) is 0. The molecule has 0 aliphatic carbocycles. The molecule has 0 spiro atoms. The average molecular weight is 220 g/mol. The van der Waals surface area contributed by atoms with E-state index in [1.54, 1.807) is 0 Å². The fraction of sp³-hybridized carbons (Fsp3) is 0.462. The van der Waals surface area contributed by atoms with Gasteiger partial charge in [0, 0.05) is 12.8 Å². The highest BCUT2D eigenvalue weighted by Gasteiger charge is 2.36. The first-order chi connectivity index (χ1) is 7.09. The van der Waals surface area contributed by atoms with Crippen molar-refractivity contribution < 1.29 is 4.79 Å². The van der Waals surface area contributed by atoms with Gasteiger partial charge in [-0.3, -0.25) is 4.79 Å². The van der Waals surface area contributed by atoms with E-state index in [9.17, 15) is 4.79 Å². The molecule has 1 aromatic rings. The maximum Gasteiger partial charge on any atom is 0.134 e. The molecule has 0 aromatic heterocycles. The molecule has 1 aliphatic rings. The molecule has 1 heterocycles. The van der Waals surface area contributed by atoms with Crippen molar-refractivity contribution >= 4 is 19.0 Å². The Morgan fingerprint density at radius 3 is 2.47 bits per heavy atom. The van der Waals surface area contributed by atoms with Gasteiger partial charge in [0.2, 0.25) is 0 Å². The zero-order valence-electron chi connectivity index (χ0n) is 9.36. The third-order valence-corrected chi connectivity index (χ3v) is 6.25. The maximum absolute atomic E-state index is 11.5. The minimum atomic E-state index is -0.158. The molecule has 1 unspecified atom stereocenters. The van der Waals surface area contributed by atoms with E-state index in [-0.39, 0.29) is 13.1 Å². The van der Waals surface area contributed by atoms with Crippen LogP contribution >= 0.6 is 7.92 Å². The average Bonchev–Trinajstić information content (AvgIpc) is 2.17. The Hall–Kier alpha value is -0.680. The lowest BCUT2D eigenvalue weighted by molar-refractivity contribution is -0.119. The molecule has 0 N–H and O–H groups in total. The Bertz CT molecular complexity index is 356. The summed E-state index contributed by atoms with van der Waals surface area (Å²) in [5.74, 6) is 0.440. The molecule has 1 fully saturated rings. The minimum absolute atomic E-state index is 0.158. The molecule has 1 atom stereocenters. The second-order valence-corrected chi connectivity index (χ2v) is 7.80. The van der Waals surface area contributed by atoms with Crippen molar-refractivity contribution in [1.82, 2.24) is 0 Å². The minimum Gasteiger partial charge on any atom is -0.300 e. The zero-order valence-corrected chi connectivity index (χ0v) is 10.3. The van der Waals surface area contributed by atoms with E-state index in [2.05, 4.69) is 44.2 Å². The monoisotopic (exact) mass is 220 g/mol. The molecule has 0 amide bonds. The van der Waals surface area contributed by atoms with E-state index >= 15 is 0 Å². The molecule has 2 rings (SSSR count). The summed E-state index contributed by atoms with van der Waals surface area (Å²) in [6, 6.07) is 10.7. The lowest BCUT2D eigenvalue weighted by atomic mass is 10.0. The fourth-order valence-corrected chi connectivity index (χ4v) is 5.23. The van der Waals surface area contributed by atoms with E-state index in [4.69, 9.17) is 0 Å². The van der Waals surface area contributed by atoms with Crippen LogP contribution in [0.2, 0.25) is 0 Å². The molecular formula is C13H17OP. The Morgan fingerprint density at radius 1 is 1.20 bits per heavy atom. The highest BCUT2D eigenvalue weighted by molar-refractivity contribution is 7.67. The molecule has 80 valence electrons. The summed E-state index contributed by atoms with van der Waals surface area (Å²) in [7, 11) is -0.158. The Morgan fingerprint density at radius 2 is 1.87 bits per heavy atom. The van der Waals surface area contributed by atoms with Crippen LogP contribution in [0.15, 0.2) is 30.3 Å². The van der Waals surface area contributed by atoms with E-state index < -0.39 is 0 Å². The molecule has 0 radical (unpaired) electrons. The second kappa shape index (κ2) is 4.06. The normalized spacial score (nSPS) is 25.2. The smallest absolute Gasteiger partial charge is 0.134 e. The summed E-state index contributed by atoms with van der Waals surface area (Å²) in [4.78, 5) is 11.5. The van der Waals surface area contributed by atoms with Crippen LogP contribution < -0.4 is 5.30 Å². The Balaban J connectivity index is 2.26. The third-order valence-electron chi connectivity index (χ3n) is 3.04. The Kier molecular flexibility index (Phi) is 2.93. The quantitative estimate of drug-likeness (QED) is 0.665. The van der Waals surface area contributed by atoms with Gasteiger partial charge in [0.05, 0.1) is 0 Å². The second-order valence-electron chi connectivity index (χ2n) is 4.77. The molecule has 1 aromatic carbocycles. The van der Waals surface area contributed by atoms with Crippen LogP contribution in [-0.2, 0) is 4.79 Å². The molecule has 2 heteroatoms. The molecule has 0 bridgehead atoms. The van der Waals surface area contributed by atoms with Crippen LogP contribution in [-0.4, -0.2) is 17.1 Å². The van der Waals surface area contributed by atoms with Gasteiger partial charge in [-0.25, -0.2) is 0 Å². The number of rotatable bonds is 1. The van der Waals surface area contributed by atoms with Crippen molar-refractivity contribution in [2.24, 2.45) is 0 Å². The van der Waals surface area contributed by atoms with Crippen LogP contribution in [0.3, 0.4) is 0 Å². The SMILES string of the molecule is CC1(C)CC(=O)CCP1c1ccccc1. The van der Waals surface area contributed by atoms with Gasteiger partial charge in [-0.2, -0.15) is 0 Å². The van der Waals surface area contributed by atoms with Crippen LogP contribution in [0.5, 0.6) is 0 Å². The largest absolute Gasteiger partial charge is 0.300 e. The standard InChI is InChI=1S/C13H17OP/c1-13(2)10-11(14)8-9-15(13)12-6-4-3-5-7-12/h3-7H,8-10H2,1-2H3. The van der Waals surface area contributed by atoms with Gasteiger partial charge in [-0.15, -0.1) is 0 Å².